The molecule has 1 heterocycles. The lowest BCUT2D eigenvalue weighted by atomic mass is 9.84. The van der Waals surface area contributed by atoms with Crippen LogP contribution in [0.2, 0.25) is 0 Å². The van der Waals surface area contributed by atoms with E-state index in [4.69, 9.17) is 4.74 Å². The van der Waals surface area contributed by atoms with Gasteiger partial charge >= 0.3 is 0 Å². The molecule has 0 saturated carbocycles. The maximum Gasteiger partial charge on any atom is 0.120 e. The molecule has 1 aliphatic rings. The van der Waals surface area contributed by atoms with Crippen LogP contribution in [-0.2, 0) is 12.0 Å². The molecular weight excluding hydrogens is 328 g/mol. The van der Waals surface area contributed by atoms with Crippen LogP contribution in [-0.4, -0.2) is 8.75 Å². The molecule has 0 bridgehead atoms. The van der Waals surface area contributed by atoms with Gasteiger partial charge in [-0.25, -0.2) is 0 Å². The maximum atomic E-state index is 6.09. The van der Waals surface area contributed by atoms with Crippen molar-refractivity contribution in [2.24, 2.45) is 5.92 Å². The Kier molecular flexibility index (Phi) is 4.03. The largest absolute Gasteiger partial charge is 0.489 e. The molecule has 1 unspecified atom stereocenters. The topological polar surface area (TPSA) is 35.0 Å². The quantitative estimate of drug-likeness (QED) is 0.605. The summed E-state index contributed by atoms with van der Waals surface area (Å²) < 4.78 is 14.6. The fourth-order valence-electron chi connectivity index (χ4n) is 4.00. The van der Waals surface area contributed by atoms with Gasteiger partial charge in [0.25, 0.3) is 0 Å². The van der Waals surface area contributed by atoms with Crippen molar-refractivity contribution in [3.8, 4) is 5.75 Å². The van der Waals surface area contributed by atoms with Crippen molar-refractivity contribution in [1.29, 1.82) is 0 Å². The Bertz CT molecular complexity index is 913. The standard InChI is InChI=1S/C21H24N2OS/c1-13(2)17-11-21(3,4)18-7-6-15(10-16(17)18)24-12-14-5-8-19-20(9-14)23-25-22-19/h5-10,13,17H,11-12H2,1-4H3. The van der Waals surface area contributed by atoms with Gasteiger partial charge in [0.05, 0.1) is 11.7 Å². The molecule has 0 spiro atoms. The van der Waals surface area contributed by atoms with E-state index in [1.165, 1.54) is 29.3 Å². The number of rotatable bonds is 4. The van der Waals surface area contributed by atoms with Crippen LogP contribution < -0.4 is 4.74 Å². The predicted molar refractivity (Wildman–Crippen MR) is 103 cm³/mol. The van der Waals surface area contributed by atoms with E-state index in [0.29, 0.717) is 18.4 Å². The summed E-state index contributed by atoms with van der Waals surface area (Å²) in [4.78, 5) is 0. The van der Waals surface area contributed by atoms with Crippen molar-refractivity contribution >= 4 is 22.8 Å². The molecule has 25 heavy (non-hydrogen) atoms. The molecule has 2 aromatic carbocycles. The molecule has 0 aliphatic heterocycles. The third-order valence-electron chi connectivity index (χ3n) is 5.41. The van der Waals surface area contributed by atoms with Crippen molar-refractivity contribution in [2.45, 2.75) is 52.1 Å². The van der Waals surface area contributed by atoms with Gasteiger partial charge in [-0.15, -0.1) is 0 Å². The van der Waals surface area contributed by atoms with Crippen molar-refractivity contribution in [2.75, 3.05) is 0 Å². The molecule has 4 heteroatoms. The van der Waals surface area contributed by atoms with Gasteiger partial charge in [-0.3, -0.25) is 0 Å². The average Bonchev–Trinajstić information content (AvgIpc) is 3.14. The number of nitrogens with zero attached hydrogens (tertiary/aromatic N) is 2. The summed E-state index contributed by atoms with van der Waals surface area (Å²) in [6, 6.07) is 12.8. The normalized spacial score (nSPS) is 18.7. The number of hydrogen-bond acceptors (Lipinski definition) is 4. The molecule has 1 atom stereocenters. The van der Waals surface area contributed by atoms with Gasteiger partial charge < -0.3 is 4.74 Å². The SMILES string of the molecule is CC(C)C1CC(C)(C)c2ccc(OCc3ccc4nsnc4c3)cc21. The molecule has 4 rings (SSSR count). The first-order chi connectivity index (χ1) is 11.9. The highest BCUT2D eigenvalue weighted by Gasteiger charge is 2.38. The van der Waals surface area contributed by atoms with E-state index in [1.54, 1.807) is 0 Å². The Labute approximate surface area is 153 Å². The summed E-state index contributed by atoms with van der Waals surface area (Å²) in [5, 5.41) is 0. The van der Waals surface area contributed by atoms with Gasteiger partial charge in [0.2, 0.25) is 0 Å². The predicted octanol–water partition coefficient (Wildman–Crippen LogP) is 5.69. The van der Waals surface area contributed by atoms with Crippen LogP contribution in [0.4, 0.5) is 0 Å². The van der Waals surface area contributed by atoms with Gasteiger partial charge in [-0.2, -0.15) is 8.75 Å². The highest BCUT2D eigenvalue weighted by atomic mass is 32.1. The number of ether oxygens (including phenoxy) is 1. The lowest BCUT2D eigenvalue weighted by Crippen LogP contribution is -2.13. The molecule has 3 nitrogen and oxygen atoms in total. The van der Waals surface area contributed by atoms with Crippen molar-refractivity contribution in [3.63, 3.8) is 0 Å². The number of hydrogen-bond donors (Lipinski definition) is 0. The smallest absolute Gasteiger partial charge is 0.120 e. The second-order valence-electron chi connectivity index (χ2n) is 8.06. The van der Waals surface area contributed by atoms with Crippen molar-refractivity contribution in [3.05, 3.63) is 53.1 Å². The Morgan fingerprint density at radius 3 is 2.72 bits per heavy atom. The van der Waals surface area contributed by atoms with E-state index in [2.05, 4.69) is 66.8 Å². The molecule has 130 valence electrons. The van der Waals surface area contributed by atoms with Gasteiger partial charge in [-0.1, -0.05) is 39.8 Å². The van der Waals surface area contributed by atoms with Gasteiger partial charge in [0, 0.05) is 0 Å². The van der Waals surface area contributed by atoms with Crippen LogP contribution in [0.5, 0.6) is 5.75 Å². The van der Waals surface area contributed by atoms with Gasteiger partial charge in [0.1, 0.15) is 23.4 Å². The highest BCUT2D eigenvalue weighted by molar-refractivity contribution is 7.00. The first-order valence-corrected chi connectivity index (χ1v) is 9.65. The lowest BCUT2D eigenvalue weighted by molar-refractivity contribution is 0.305. The second-order valence-corrected chi connectivity index (χ2v) is 8.59. The number of fused-ring (bicyclic) bond motifs is 2. The van der Waals surface area contributed by atoms with Crippen LogP contribution in [0.1, 0.15) is 56.7 Å². The summed E-state index contributed by atoms with van der Waals surface area (Å²) in [7, 11) is 0. The summed E-state index contributed by atoms with van der Waals surface area (Å²) in [6.07, 6.45) is 1.22. The minimum absolute atomic E-state index is 0.255. The lowest BCUT2D eigenvalue weighted by Gasteiger charge is -2.20. The van der Waals surface area contributed by atoms with E-state index in [1.807, 2.05) is 6.07 Å². The molecule has 1 aliphatic carbocycles. The second kappa shape index (κ2) is 6.10. The first-order valence-electron chi connectivity index (χ1n) is 8.92. The minimum atomic E-state index is 0.255. The molecule has 1 aromatic heterocycles. The van der Waals surface area contributed by atoms with Gasteiger partial charge in [-0.05, 0) is 64.6 Å². The zero-order valence-corrected chi connectivity index (χ0v) is 16.1. The molecular formula is C21H24N2OS. The Morgan fingerprint density at radius 2 is 1.92 bits per heavy atom. The van der Waals surface area contributed by atoms with Crippen LogP contribution >= 0.6 is 11.7 Å². The summed E-state index contributed by atoms with van der Waals surface area (Å²) in [5.41, 5.74) is 6.23. The molecule has 0 radical (unpaired) electrons. The highest BCUT2D eigenvalue weighted by Crippen LogP contribution is 2.49. The molecule has 0 saturated heterocycles. The number of benzene rings is 2. The minimum Gasteiger partial charge on any atom is -0.489 e. The monoisotopic (exact) mass is 352 g/mol. The third-order valence-corrected chi connectivity index (χ3v) is 5.97. The van der Waals surface area contributed by atoms with Crippen LogP contribution in [0.15, 0.2) is 36.4 Å². The fourth-order valence-corrected chi connectivity index (χ4v) is 4.52. The zero-order chi connectivity index (χ0) is 17.6. The van der Waals surface area contributed by atoms with E-state index >= 15 is 0 Å². The van der Waals surface area contributed by atoms with E-state index < -0.39 is 0 Å². The molecule has 0 fully saturated rings. The Morgan fingerprint density at radius 1 is 1.12 bits per heavy atom. The molecule has 0 N–H and O–H groups in total. The third kappa shape index (κ3) is 3.04. The van der Waals surface area contributed by atoms with E-state index in [-0.39, 0.29) is 5.41 Å². The van der Waals surface area contributed by atoms with Crippen molar-refractivity contribution in [1.82, 2.24) is 8.75 Å². The number of aromatic nitrogens is 2. The Hall–Kier alpha value is -1.94. The van der Waals surface area contributed by atoms with E-state index in [9.17, 15) is 0 Å². The molecule has 3 aromatic rings. The Balaban J connectivity index is 1.56. The van der Waals surface area contributed by atoms with E-state index in [0.717, 1.165) is 22.3 Å². The van der Waals surface area contributed by atoms with Gasteiger partial charge in [0.15, 0.2) is 0 Å². The maximum absolute atomic E-state index is 6.09. The fraction of sp³-hybridized carbons (Fsp3) is 0.429. The zero-order valence-electron chi connectivity index (χ0n) is 15.2. The summed E-state index contributed by atoms with van der Waals surface area (Å²) in [5.74, 6) is 2.22. The van der Waals surface area contributed by atoms with Crippen LogP contribution in [0, 0.1) is 5.92 Å². The van der Waals surface area contributed by atoms with Crippen molar-refractivity contribution < 1.29 is 4.74 Å². The molecule has 0 amide bonds. The average molecular weight is 353 g/mol. The van der Waals surface area contributed by atoms with Crippen LogP contribution in [0.3, 0.4) is 0 Å². The summed E-state index contributed by atoms with van der Waals surface area (Å²) in [6.45, 7) is 9.90. The summed E-state index contributed by atoms with van der Waals surface area (Å²) >= 11 is 1.25. The van der Waals surface area contributed by atoms with Crippen LogP contribution in [0.25, 0.3) is 11.0 Å². The first kappa shape index (κ1) is 16.5.